The summed E-state index contributed by atoms with van der Waals surface area (Å²) in [4.78, 5) is 11.9. The second kappa shape index (κ2) is 7.06. The summed E-state index contributed by atoms with van der Waals surface area (Å²) in [5, 5.41) is 5.94. The molecule has 2 N–H and O–H groups in total. The van der Waals surface area contributed by atoms with Gasteiger partial charge in [0, 0.05) is 11.9 Å². The first-order valence-electron chi connectivity index (χ1n) is 6.25. The van der Waals surface area contributed by atoms with Gasteiger partial charge in [-0.25, -0.2) is 8.42 Å². The molecule has 0 bridgehead atoms. The van der Waals surface area contributed by atoms with Crippen molar-refractivity contribution in [3.8, 4) is 0 Å². The Kier molecular flexibility index (Phi) is 5.98. The maximum Gasteiger partial charge on any atom is 0.241 e. The minimum atomic E-state index is -3.06. The number of carbonyl (C=O) groups is 1. The van der Waals surface area contributed by atoms with Gasteiger partial charge in [-0.15, -0.1) is 12.4 Å². The predicted octanol–water partition coefficient (Wildman–Crippen LogP) is 1.34. The van der Waals surface area contributed by atoms with Crippen molar-refractivity contribution in [1.29, 1.82) is 0 Å². The molecule has 1 fully saturated rings. The van der Waals surface area contributed by atoms with Crippen molar-refractivity contribution in [2.75, 3.05) is 18.1 Å². The summed E-state index contributed by atoms with van der Waals surface area (Å²) in [5.41, 5.74) is 1.32. The van der Waals surface area contributed by atoms with Crippen LogP contribution in [-0.2, 0) is 20.4 Å². The summed E-state index contributed by atoms with van der Waals surface area (Å²) in [6.45, 7) is 0.867. The number of hydrogen-bond acceptors (Lipinski definition) is 4. The lowest BCUT2D eigenvalue weighted by Gasteiger charge is -2.11. The molecule has 0 saturated carbocycles. The largest absolute Gasteiger partial charge is 0.325 e. The molecular weight excluding hydrogens is 300 g/mol. The number of nitrogens with one attached hydrogen (secondary N) is 2. The van der Waals surface area contributed by atoms with Crippen LogP contribution in [-0.4, -0.2) is 33.2 Å². The second-order valence-electron chi connectivity index (χ2n) is 4.91. The van der Waals surface area contributed by atoms with Crippen molar-refractivity contribution in [3.63, 3.8) is 0 Å². The molecule has 0 aromatic heterocycles. The first-order chi connectivity index (χ1) is 8.94. The van der Waals surface area contributed by atoms with Crippen LogP contribution >= 0.6 is 12.4 Å². The standard InChI is InChI=1S/C13H18N2O3S.ClH/c1-19(17,18)9-10-4-2-5-11(8-10)15-13(16)12-6-3-7-14-12;/h2,4-5,8,12,14H,3,6-7,9H2,1H3,(H,15,16);1H. The maximum atomic E-state index is 11.9. The molecule has 1 saturated heterocycles. The number of benzene rings is 1. The minimum Gasteiger partial charge on any atom is -0.325 e. The molecule has 1 heterocycles. The van der Waals surface area contributed by atoms with Crippen molar-refractivity contribution in [2.24, 2.45) is 0 Å². The first kappa shape index (κ1) is 16.9. The molecule has 2 rings (SSSR count). The van der Waals surface area contributed by atoms with Crippen LogP contribution < -0.4 is 10.6 Å². The Bertz CT molecular complexity index is 569. The number of anilines is 1. The third kappa shape index (κ3) is 5.11. The fraction of sp³-hybridized carbons (Fsp3) is 0.462. The monoisotopic (exact) mass is 318 g/mol. The van der Waals surface area contributed by atoms with E-state index in [0.717, 1.165) is 19.4 Å². The summed E-state index contributed by atoms with van der Waals surface area (Å²) < 4.78 is 22.5. The van der Waals surface area contributed by atoms with Gasteiger partial charge in [-0.1, -0.05) is 12.1 Å². The van der Waals surface area contributed by atoms with Crippen LogP contribution in [0.25, 0.3) is 0 Å². The van der Waals surface area contributed by atoms with Crippen LogP contribution in [0.3, 0.4) is 0 Å². The van der Waals surface area contributed by atoms with Crippen LogP contribution in [0.5, 0.6) is 0 Å². The molecule has 0 radical (unpaired) electrons. The quantitative estimate of drug-likeness (QED) is 0.878. The van der Waals surface area contributed by atoms with E-state index in [1.54, 1.807) is 24.3 Å². The van der Waals surface area contributed by atoms with Gasteiger partial charge in [0.25, 0.3) is 0 Å². The van der Waals surface area contributed by atoms with E-state index < -0.39 is 9.84 Å². The van der Waals surface area contributed by atoms with Crippen molar-refractivity contribution in [1.82, 2.24) is 5.32 Å². The Morgan fingerprint density at radius 3 is 2.80 bits per heavy atom. The predicted molar refractivity (Wildman–Crippen MR) is 81.9 cm³/mol. The summed E-state index contributed by atoms with van der Waals surface area (Å²) in [6.07, 6.45) is 3.04. The number of rotatable bonds is 4. The smallest absolute Gasteiger partial charge is 0.241 e. The number of amides is 1. The second-order valence-corrected chi connectivity index (χ2v) is 7.05. The van der Waals surface area contributed by atoms with Crippen LogP contribution in [0.2, 0.25) is 0 Å². The third-order valence-corrected chi connectivity index (χ3v) is 3.86. The van der Waals surface area contributed by atoms with Crippen molar-refractivity contribution < 1.29 is 13.2 Å². The molecule has 1 aromatic rings. The lowest BCUT2D eigenvalue weighted by atomic mass is 10.2. The van der Waals surface area contributed by atoms with E-state index in [0.29, 0.717) is 11.3 Å². The molecule has 1 atom stereocenters. The van der Waals surface area contributed by atoms with E-state index in [-0.39, 0.29) is 30.1 Å². The highest BCUT2D eigenvalue weighted by Gasteiger charge is 2.21. The Hall–Kier alpha value is -1.11. The van der Waals surface area contributed by atoms with Crippen molar-refractivity contribution in [2.45, 2.75) is 24.6 Å². The normalized spacial score (nSPS) is 18.4. The minimum absolute atomic E-state index is 0. The highest BCUT2D eigenvalue weighted by Crippen LogP contribution is 2.14. The Balaban J connectivity index is 0.00000200. The summed E-state index contributed by atoms with van der Waals surface area (Å²) in [7, 11) is -3.06. The fourth-order valence-electron chi connectivity index (χ4n) is 2.18. The van der Waals surface area contributed by atoms with Gasteiger partial charge < -0.3 is 10.6 Å². The summed E-state index contributed by atoms with van der Waals surface area (Å²) in [6, 6.07) is 6.81. The van der Waals surface area contributed by atoms with E-state index in [4.69, 9.17) is 0 Å². The van der Waals surface area contributed by atoms with Crippen molar-refractivity contribution in [3.05, 3.63) is 29.8 Å². The van der Waals surface area contributed by atoms with Crippen LogP contribution in [0.15, 0.2) is 24.3 Å². The Labute approximate surface area is 125 Å². The van der Waals surface area contributed by atoms with E-state index >= 15 is 0 Å². The molecule has 1 unspecified atom stereocenters. The Morgan fingerprint density at radius 2 is 2.20 bits per heavy atom. The lowest BCUT2D eigenvalue weighted by molar-refractivity contribution is -0.117. The summed E-state index contributed by atoms with van der Waals surface area (Å²) in [5.74, 6) is -0.0766. The number of halogens is 1. The van der Waals surface area contributed by atoms with Gasteiger partial charge in [-0.3, -0.25) is 4.79 Å². The zero-order valence-electron chi connectivity index (χ0n) is 11.3. The van der Waals surface area contributed by atoms with Gasteiger partial charge in [0.05, 0.1) is 11.8 Å². The highest BCUT2D eigenvalue weighted by atomic mass is 35.5. The van der Waals surface area contributed by atoms with E-state index in [1.807, 2.05) is 0 Å². The van der Waals surface area contributed by atoms with Gasteiger partial charge in [-0.05, 0) is 37.1 Å². The van der Waals surface area contributed by atoms with Gasteiger partial charge in [0.15, 0.2) is 9.84 Å². The molecule has 1 aromatic carbocycles. The lowest BCUT2D eigenvalue weighted by Crippen LogP contribution is -2.35. The number of sulfone groups is 1. The molecule has 20 heavy (non-hydrogen) atoms. The van der Waals surface area contributed by atoms with Crippen molar-refractivity contribution >= 4 is 33.8 Å². The molecule has 112 valence electrons. The fourth-order valence-corrected chi connectivity index (χ4v) is 2.96. The molecule has 1 aliphatic heterocycles. The van der Waals surface area contributed by atoms with Crippen LogP contribution in [0, 0.1) is 0 Å². The third-order valence-electron chi connectivity index (χ3n) is 3.00. The molecule has 0 spiro atoms. The van der Waals surface area contributed by atoms with Crippen LogP contribution in [0.1, 0.15) is 18.4 Å². The molecule has 5 nitrogen and oxygen atoms in total. The topological polar surface area (TPSA) is 75.3 Å². The van der Waals surface area contributed by atoms with E-state index in [9.17, 15) is 13.2 Å². The zero-order valence-corrected chi connectivity index (χ0v) is 12.9. The number of hydrogen-bond donors (Lipinski definition) is 2. The molecular formula is C13H19ClN2O3S. The zero-order chi connectivity index (χ0) is 13.9. The summed E-state index contributed by atoms with van der Waals surface area (Å²) >= 11 is 0. The first-order valence-corrected chi connectivity index (χ1v) is 8.31. The van der Waals surface area contributed by atoms with Gasteiger partial charge in [0.1, 0.15) is 0 Å². The highest BCUT2D eigenvalue weighted by molar-refractivity contribution is 7.89. The number of carbonyl (C=O) groups excluding carboxylic acids is 1. The Morgan fingerprint density at radius 1 is 1.45 bits per heavy atom. The average Bonchev–Trinajstić information content (AvgIpc) is 2.80. The SMILES string of the molecule is CS(=O)(=O)Cc1cccc(NC(=O)C2CCCN2)c1.Cl. The maximum absolute atomic E-state index is 11.9. The molecule has 0 aliphatic carbocycles. The van der Waals surface area contributed by atoms with E-state index in [1.165, 1.54) is 6.26 Å². The van der Waals surface area contributed by atoms with Gasteiger partial charge in [-0.2, -0.15) is 0 Å². The van der Waals surface area contributed by atoms with E-state index in [2.05, 4.69) is 10.6 Å². The average molecular weight is 319 g/mol. The molecule has 1 amide bonds. The molecule has 1 aliphatic rings. The van der Waals surface area contributed by atoms with Gasteiger partial charge in [0.2, 0.25) is 5.91 Å². The molecule has 7 heteroatoms. The van der Waals surface area contributed by atoms with Crippen LogP contribution in [0.4, 0.5) is 5.69 Å². The van der Waals surface area contributed by atoms with Gasteiger partial charge >= 0.3 is 0 Å².